The Kier molecular flexibility index (Phi) is 2.97. The zero-order chi connectivity index (χ0) is 11.7. The summed E-state index contributed by atoms with van der Waals surface area (Å²) in [5.74, 6) is 2.65. The van der Waals surface area contributed by atoms with Crippen LogP contribution in [0, 0.1) is 11.8 Å². The van der Waals surface area contributed by atoms with Crippen LogP contribution in [0.2, 0.25) is 0 Å². The van der Waals surface area contributed by atoms with E-state index in [1.54, 1.807) is 17.7 Å². The van der Waals surface area contributed by atoms with Crippen molar-refractivity contribution in [1.82, 2.24) is 9.97 Å². The zero-order valence-electron chi connectivity index (χ0n) is 10.0. The molecule has 2 atom stereocenters. The van der Waals surface area contributed by atoms with Gasteiger partial charge in [-0.15, -0.1) is 11.3 Å². The van der Waals surface area contributed by atoms with Crippen molar-refractivity contribution >= 4 is 27.4 Å². The number of nitrogens with one attached hydrogen (secondary N) is 1. The standard InChI is InChI=1S/C13H17N3S/c1-9-3-2-4-10(9)7-14-12-11-5-6-17-13(11)16-8-15-12/h5-6,8-10H,2-4,7H2,1H3,(H,14,15,16). The average Bonchev–Trinajstić information content (AvgIpc) is 2.95. The van der Waals surface area contributed by atoms with E-state index in [1.165, 1.54) is 19.3 Å². The quantitative estimate of drug-likeness (QED) is 0.901. The van der Waals surface area contributed by atoms with Crippen LogP contribution >= 0.6 is 11.3 Å². The second-order valence-electron chi connectivity index (χ2n) is 4.91. The third-order valence-electron chi connectivity index (χ3n) is 3.83. The minimum absolute atomic E-state index is 0.804. The fraction of sp³-hybridized carbons (Fsp3) is 0.538. The van der Waals surface area contributed by atoms with Crippen LogP contribution in [-0.4, -0.2) is 16.5 Å². The number of hydrogen-bond donors (Lipinski definition) is 1. The normalized spacial score (nSPS) is 24.3. The van der Waals surface area contributed by atoms with Gasteiger partial charge in [-0.25, -0.2) is 9.97 Å². The average molecular weight is 247 g/mol. The Labute approximate surface area is 105 Å². The number of nitrogens with zero attached hydrogens (tertiary/aromatic N) is 2. The molecular formula is C13H17N3S. The summed E-state index contributed by atoms with van der Waals surface area (Å²) in [5, 5.41) is 6.73. The molecule has 3 rings (SSSR count). The predicted octanol–water partition coefficient (Wildman–Crippen LogP) is 3.54. The molecule has 2 heterocycles. The van der Waals surface area contributed by atoms with E-state index < -0.39 is 0 Å². The molecule has 0 saturated heterocycles. The molecule has 1 fully saturated rings. The monoisotopic (exact) mass is 247 g/mol. The number of thiophene rings is 1. The van der Waals surface area contributed by atoms with Gasteiger partial charge in [0, 0.05) is 6.54 Å². The number of anilines is 1. The lowest BCUT2D eigenvalue weighted by atomic mass is 9.98. The summed E-state index contributed by atoms with van der Waals surface area (Å²) in [6.07, 6.45) is 5.76. The lowest BCUT2D eigenvalue weighted by Crippen LogP contribution is -2.17. The Balaban J connectivity index is 1.74. The molecule has 0 aromatic carbocycles. The molecule has 2 unspecified atom stereocenters. The van der Waals surface area contributed by atoms with Crippen LogP contribution in [0.3, 0.4) is 0 Å². The summed E-state index contributed by atoms with van der Waals surface area (Å²) >= 11 is 1.67. The van der Waals surface area contributed by atoms with Crippen LogP contribution in [0.4, 0.5) is 5.82 Å². The van der Waals surface area contributed by atoms with E-state index in [0.29, 0.717) is 0 Å². The number of rotatable bonds is 3. The highest BCUT2D eigenvalue weighted by atomic mass is 32.1. The molecule has 90 valence electrons. The Morgan fingerprint density at radius 2 is 2.35 bits per heavy atom. The summed E-state index contributed by atoms with van der Waals surface area (Å²) in [4.78, 5) is 9.68. The van der Waals surface area contributed by atoms with Gasteiger partial charge in [-0.2, -0.15) is 0 Å². The van der Waals surface area contributed by atoms with Gasteiger partial charge in [-0.1, -0.05) is 19.8 Å². The highest BCUT2D eigenvalue weighted by Gasteiger charge is 2.23. The largest absolute Gasteiger partial charge is 0.369 e. The van der Waals surface area contributed by atoms with Gasteiger partial charge in [0.15, 0.2) is 0 Å². The fourth-order valence-electron chi connectivity index (χ4n) is 2.68. The van der Waals surface area contributed by atoms with Crippen molar-refractivity contribution in [1.29, 1.82) is 0 Å². The van der Waals surface area contributed by atoms with Crippen molar-refractivity contribution in [2.45, 2.75) is 26.2 Å². The molecule has 3 nitrogen and oxygen atoms in total. The van der Waals surface area contributed by atoms with Gasteiger partial charge >= 0.3 is 0 Å². The van der Waals surface area contributed by atoms with Crippen molar-refractivity contribution in [2.24, 2.45) is 11.8 Å². The molecule has 2 aromatic heterocycles. The van der Waals surface area contributed by atoms with Gasteiger partial charge in [0.05, 0.1) is 5.39 Å². The smallest absolute Gasteiger partial charge is 0.138 e. The molecular weight excluding hydrogens is 230 g/mol. The molecule has 1 aliphatic rings. The SMILES string of the molecule is CC1CCCC1CNc1ncnc2sccc12. The highest BCUT2D eigenvalue weighted by Crippen LogP contribution is 2.32. The van der Waals surface area contributed by atoms with Crippen molar-refractivity contribution in [2.75, 3.05) is 11.9 Å². The number of aromatic nitrogens is 2. The molecule has 1 N–H and O–H groups in total. The first-order chi connectivity index (χ1) is 8.34. The molecule has 1 aliphatic carbocycles. The van der Waals surface area contributed by atoms with Gasteiger partial charge in [-0.05, 0) is 29.7 Å². The van der Waals surface area contributed by atoms with E-state index in [-0.39, 0.29) is 0 Å². The molecule has 0 aliphatic heterocycles. The minimum atomic E-state index is 0.804. The first-order valence-electron chi connectivity index (χ1n) is 6.26. The van der Waals surface area contributed by atoms with Gasteiger partial charge in [0.1, 0.15) is 17.0 Å². The lowest BCUT2D eigenvalue weighted by molar-refractivity contribution is 0.439. The number of fused-ring (bicyclic) bond motifs is 1. The lowest BCUT2D eigenvalue weighted by Gasteiger charge is -2.16. The molecule has 0 spiro atoms. The summed E-state index contributed by atoms with van der Waals surface area (Å²) in [7, 11) is 0. The topological polar surface area (TPSA) is 37.8 Å². The third kappa shape index (κ3) is 2.14. The van der Waals surface area contributed by atoms with Crippen LogP contribution < -0.4 is 5.32 Å². The van der Waals surface area contributed by atoms with Crippen LogP contribution in [0.25, 0.3) is 10.2 Å². The highest BCUT2D eigenvalue weighted by molar-refractivity contribution is 7.16. The second kappa shape index (κ2) is 4.61. The van der Waals surface area contributed by atoms with E-state index in [0.717, 1.165) is 34.4 Å². The maximum atomic E-state index is 4.35. The van der Waals surface area contributed by atoms with Crippen LogP contribution in [0.5, 0.6) is 0 Å². The maximum absolute atomic E-state index is 4.35. The molecule has 17 heavy (non-hydrogen) atoms. The fourth-order valence-corrected chi connectivity index (χ4v) is 3.42. The molecule has 0 bridgehead atoms. The van der Waals surface area contributed by atoms with E-state index in [2.05, 4.69) is 33.7 Å². The minimum Gasteiger partial charge on any atom is -0.369 e. The summed E-state index contributed by atoms with van der Waals surface area (Å²) in [5.41, 5.74) is 0. The second-order valence-corrected chi connectivity index (χ2v) is 5.81. The summed E-state index contributed by atoms with van der Waals surface area (Å²) in [6.45, 7) is 3.41. The predicted molar refractivity (Wildman–Crippen MR) is 72.4 cm³/mol. The Hall–Kier alpha value is -1.16. The summed E-state index contributed by atoms with van der Waals surface area (Å²) < 4.78 is 0. The van der Waals surface area contributed by atoms with Gasteiger partial charge in [0.2, 0.25) is 0 Å². The first kappa shape index (κ1) is 11.0. The third-order valence-corrected chi connectivity index (χ3v) is 4.65. The van der Waals surface area contributed by atoms with E-state index in [9.17, 15) is 0 Å². The Bertz CT molecular complexity index is 508. The van der Waals surface area contributed by atoms with Crippen molar-refractivity contribution in [3.8, 4) is 0 Å². The first-order valence-corrected chi connectivity index (χ1v) is 7.14. The van der Waals surface area contributed by atoms with Gasteiger partial charge in [-0.3, -0.25) is 0 Å². The van der Waals surface area contributed by atoms with E-state index in [1.807, 2.05) is 0 Å². The Morgan fingerprint density at radius 1 is 1.41 bits per heavy atom. The van der Waals surface area contributed by atoms with E-state index in [4.69, 9.17) is 0 Å². The van der Waals surface area contributed by atoms with Crippen LogP contribution in [0.1, 0.15) is 26.2 Å². The molecule has 1 saturated carbocycles. The van der Waals surface area contributed by atoms with Gasteiger partial charge < -0.3 is 5.32 Å². The van der Waals surface area contributed by atoms with E-state index >= 15 is 0 Å². The molecule has 4 heteroatoms. The van der Waals surface area contributed by atoms with Crippen LogP contribution in [0.15, 0.2) is 17.8 Å². The van der Waals surface area contributed by atoms with Crippen LogP contribution in [-0.2, 0) is 0 Å². The Morgan fingerprint density at radius 3 is 3.18 bits per heavy atom. The molecule has 2 aromatic rings. The van der Waals surface area contributed by atoms with Gasteiger partial charge in [0.25, 0.3) is 0 Å². The molecule has 0 amide bonds. The van der Waals surface area contributed by atoms with Crippen molar-refractivity contribution < 1.29 is 0 Å². The summed E-state index contributed by atoms with van der Waals surface area (Å²) in [6, 6.07) is 2.10. The molecule has 0 radical (unpaired) electrons. The van der Waals surface area contributed by atoms with Crippen molar-refractivity contribution in [3.63, 3.8) is 0 Å². The van der Waals surface area contributed by atoms with Crippen molar-refractivity contribution in [3.05, 3.63) is 17.8 Å². The maximum Gasteiger partial charge on any atom is 0.138 e. The zero-order valence-corrected chi connectivity index (χ0v) is 10.8. The number of hydrogen-bond acceptors (Lipinski definition) is 4.